The number of hydrogen-bond acceptors (Lipinski definition) is 2. The molecule has 0 aliphatic carbocycles. The predicted octanol–water partition coefficient (Wildman–Crippen LogP) is 4.19. The summed E-state index contributed by atoms with van der Waals surface area (Å²) in [6.45, 7) is 4.38. The van der Waals surface area contributed by atoms with Crippen molar-refractivity contribution < 1.29 is 4.74 Å². The van der Waals surface area contributed by atoms with Gasteiger partial charge in [-0.1, -0.05) is 0 Å². The van der Waals surface area contributed by atoms with Crippen LogP contribution in [0.1, 0.15) is 38.6 Å². The number of halogens is 1. The third kappa shape index (κ3) is 3.03. The maximum absolute atomic E-state index is 5.74. The van der Waals surface area contributed by atoms with E-state index in [-0.39, 0.29) is 0 Å². The zero-order chi connectivity index (χ0) is 13.8. The van der Waals surface area contributed by atoms with Crippen molar-refractivity contribution in [1.29, 1.82) is 0 Å². The maximum atomic E-state index is 5.74. The maximum Gasteiger partial charge on any atom is 0.121 e. The SMILES string of the molecule is COc1ccc2c(c1)nc(CCCCCl)n2C(C)C. The molecule has 0 bridgehead atoms. The second-order valence-electron chi connectivity index (χ2n) is 4.99. The van der Waals surface area contributed by atoms with Gasteiger partial charge in [0.1, 0.15) is 11.6 Å². The number of hydrogen-bond donors (Lipinski definition) is 0. The van der Waals surface area contributed by atoms with Crippen molar-refractivity contribution in [3.63, 3.8) is 0 Å². The molecule has 3 nitrogen and oxygen atoms in total. The van der Waals surface area contributed by atoms with E-state index in [0.29, 0.717) is 6.04 Å². The average Bonchev–Trinajstić information content (AvgIpc) is 2.76. The van der Waals surface area contributed by atoms with Gasteiger partial charge in [-0.3, -0.25) is 0 Å². The Morgan fingerprint density at radius 3 is 2.74 bits per heavy atom. The molecule has 0 unspecified atom stereocenters. The van der Waals surface area contributed by atoms with E-state index < -0.39 is 0 Å². The largest absolute Gasteiger partial charge is 0.497 e. The van der Waals surface area contributed by atoms with E-state index in [0.717, 1.165) is 42.2 Å². The van der Waals surface area contributed by atoms with E-state index >= 15 is 0 Å². The standard InChI is InChI=1S/C15H21ClN2O/c1-11(2)18-14-8-7-12(19-3)10-13(14)17-15(18)6-4-5-9-16/h7-8,10-11H,4-6,9H2,1-3H3. The van der Waals surface area contributed by atoms with Crippen LogP contribution in [0.15, 0.2) is 18.2 Å². The first-order valence-corrected chi connectivity index (χ1v) is 7.31. The van der Waals surface area contributed by atoms with Gasteiger partial charge >= 0.3 is 0 Å². The number of nitrogens with zero attached hydrogens (tertiary/aromatic N) is 2. The summed E-state index contributed by atoms with van der Waals surface area (Å²) in [5, 5.41) is 0. The van der Waals surface area contributed by atoms with Gasteiger partial charge in [0.05, 0.1) is 18.1 Å². The lowest BCUT2D eigenvalue weighted by molar-refractivity contribution is 0.415. The summed E-state index contributed by atoms with van der Waals surface area (Å²) in [7, 11) is 1.68. The van der Waals surface area contributed by atoms with Gasteiger partial charge in [0, 0.05) is 24.4 Å². The van der Waals surface area contributed by atoms with Gasteiger partial charge in [-0.25, -0.2) is 4.98 Å². The molecule has 0 aliphatic heterocycles. The summed E-state index contributed by atoms with van der Waals surface area (Å²) in [5.41, 5.74) is 2.19. The number of aromatic nitrogens is 2. The van der Waals surface area contributed by atoms with Crippen LogP contribution in [0.4, 0.5) is 0 Å². The average molecular weight is 281 g/mol. The van der Waals surface area contributed by atoms with Crippen molar-refractivity contribution in [2.24, 2.45) is 0 Å². The lowest BCUT2D eigenvalue weighted by atomic mass is 10.2. The molecule has 0 fully saturated rings. The van der Waals surface area contributed by atoms with Gasteiger partial charge < -0.3 is 9.30 Å². The number of unbranched alkanes of at least 4 members (excludes halogenated alkanes) is 1. The Balaban J connectivity index is 2.40. The van der Waals surface area contributed by atoms with Crippen LogP contribution < -0.4 is 4.74 Å². The first-order valence-electron chi connectivity index (χ1n) is 6.78. The molecule has 0 radical (unpaired) electrons. The van der Waals surface area contributed by atoms with E-state index in [1.165, 1.54) is 5.52 Å². The Bertz CT molecular complexity index is 548. The van der Waals surface area contributed by atoms with Crippen molar-refractivity contribution in [2.45, 2.75) is 39.2 Å². The Labute approximate surface area is 119 Å². The molecule has 2 aromatic rings. The van der Waals surface area contributed by atoms with E-state index in [4.69, 9.17) is 21.3 Å². The van der Waals surface area contributed by atoms with Crippen LogP contribution in [0.25, 0.3) is 11.0 Å². The fourth-order valence-corrected chi connectivity index (χ4v) is 2.57. The Kier molecular flexibility index (Phi) is 4.70. The van der Waals surface area contributed by atoms with Crippen LogP contribution in [0.5, 0.6) is 5.75 Å². The van der Waals surface area contributed by atoms with Crippen LogP contribution in [-0.4, -0.2) is 22.5 Å². The number of fused-ring (bicyclic) bond motifs is 1. The molecule has 1 heterocycles. The van der Waals surface area contributed by atoms with Gasteiger partial charge in [0.15, 0.2) is 0 Å². The molecule has 2 rings (SSSR count). The van der Waals surface area contributed by atoms with Gasteiger partial charge in [-0.2, -0.15) is 0 Å². The van der Waals surface area contributed by atoms with E-state index in [2.05, 4.69) is 24.5 Å². The molecule has 0 N–H and O–H groups in total. The molecule has 19 heavy (non-hydrogen) atoms. The molecular formula is C15H21ClN2O. The summed E-state index contributed by atoms with van der Waals surface area (Å²) in [6, 6.07) is 6.49. The summed E-state index contributed by atoms with van der Waals surface area (Å²) >= 11 is 5.74. The summed E-state index contributed by atoms with van der Waals surface area (Å²) < 4.78 is 7.57. The van der Waals surface area contributed by atoms with Crippen LogP contribution in [-0.2, 0) is 6.42 Å². The van der Waals surface area contributed by atoms with Crippen molar-refractivity contribution in [2.75, 3.05) is 13.0 Å². The number of rotatable bonds is 6. The lowest BCUT2D eigenvalue weighted by Crippen LogP contribution is -2.06. The fourth-order valence-electron chi connectivity index (χ4n) is 2.39. The molecule has 0 aliphatic rings. The monoisotopic (exact) mass is 280 g/mol. The minimum Gasteiger partial charge on any atom is -0.497 e. The highest BCUT2D eigenvalue weighted by Gasteiger charge is 2.13. The van der Waals surface area contributed by atoms with Gasteiger partial charge in [0.25, 0.3) is 0 Å². The molecule has 0 atom stereocenters. The van der Waals surface area contributed by atoms with E-state index in [1.54, 1.807) is 7.11 Å². The van der Waals surface area contributed by atoms with Crippen LogP contribution in [0.2, 0.25) is 0 Å². The molecule has 0 saturated heterocycles. The Morgan fingerprint density at radius 2 is 2.11 bits per heavy atom. The van der Waals surface area contributed by atoms with Crippen molar-refractivity contribution >= 4 is 22.6 Å². The zero-order valence-corrected chi connectivity index (χ0v) is 12.6. The number of imidazole rings is 1. The van der Waals surface area contributed by atoms with Gasteiger partial charge in [0.2, 0.25) is 0 Å². The first kappa shape index (κ1) is 14.2. The van der Waals surface area contributed by atoms with Crippen molar-refractivity contribution in [1.82, 2.24) is 9.55 Å². The Hall–Kier alpha value is -1.22. The topological polar surface area (TPSA) is 27.1 Å². The van der Waals surface area contributed by atoms with Gasteiger partial charge in [-0.05, 0) is 38.8 Å². The third-order valence-corrected chi connectivity index (χ3v) is 3.54. The first-order chi connectivity index (χ1) is 9.17. The zero-order valence-electron chi connectivity index (χ0n) is 11.8. The molecule has 1 aromatic carbocycles. The summed E-state index contributed by atoms with van der Waals surface area (Å²) in [4.78, 5) is 4.75. The summed E-state index contributed by atoms with van der Waals surface area (Å²) in [5.74, 6) is 2.71. The number of alkyl halides is 1. The van der Waals surface area contributed by atoms with Crippen LogP contribution in [0, 0.1) is 0 Å². The molecule has 0 spiro atoms. The molecular weight excluding hydrogens is 260 g/mol. The van der Waals surface area contributed by atoms with Crippen LogP contribution >= 0.6 is 11.6 Å². The molecule has 4 heteroatoms. The van der Waals surface area contributed by atoms with E-state index in [1.807, 2.05) is 12.1 Å². The van der Waals surface area contributed by atoms with Crippen molar-refractivity contribution in [3.8, 4) is 5.75 Å². The Morgan fingerprint density at radius 1 is 1.32 bits per heavy atom. The molecule has 0 saturated carbocycles. The normalized spacial score (nSPS) is 11.4. The second kappa shape index (κ2) is 6.29. The minimum atomic E-state index is 0.407. The van der Waals surface area contributed by atoms with E-state index in [9.17, 15) is 0 Å². The number of methoxy groups -OCH3 is 1. The number of ether oxygens (including phenoxy) is 1. The smallest absolute Gasteiger partial charge is 0.121 e. The number of benzene rings is 1. The highest BCUT2D eigenvalue weighted by molar-refractivity contribution is 6.17. The lowest BCUT2D eigenvalue weighted by Gasteiger charge is -2.13. The molecule has 1 aromatic heterocycles. The fraction of sp³-hybridized carbons (Fsp3) is 0.533. The van der Waals surface area contributed by atoms with Crippen molar-refractivity contribution in [3.05, 3.63) is 24.0 Å². The third-order valence-electron chi connectivity index (χ3n) is 3.27. The predicted molar refractivity (Wildman–Crippen MR) is 80.3 cm³/mol. The highest BCUT2D eigenvalue weighted by atomic mass is 35.5. The minimum absolute atomic E-state index is 0.407. The quantitative estimate of drug-likeness (QED) is 0.586. The van der Waals surface area contributed by atoms with Gasteiger partial charge in [-0.15, -0.1) is 11.6 Å². The molecule has 104 valence electrons. The van der Waals surface area contributed by atoms with Crippen LogP contribution in [0.3, 0.4) is 0 Å². The second-order valence-corrected chi connectivity index (χ2v) is 5.37. The number of aryl methyl sites for hydroxylation is 1. The summed E-state index contributed by atoms with van der Waals surface area (Å²) in [6.07, 6.45) is 3.09. The molecule has 0 amide bonds. The highest BCUT2D eigenvalue weighted by Crippen LogP contribution is 2.25.